The van der Waals surface area contributed by atoms with Crippen molar-refractivity contribution in [3.05, 3.63) is 59.1 Å². The molecule has 1 aromatic heterocycles. The van der Waals surface area contributed by atoms with Crippen LogP contribution in [-0.4, -0.2) is 36.8 Å². The van der Waals surface area contributed by atoms with E-state index in [1.54, 1.807) is 18.4 Å². The van der Waals surface area contributed by atoms with Crippen molar-refractivity contribution in [3.63, 3.8) is 0 Å². The fourth-order valence-electron chi connectivity index (χ4n) is 4.19. The molecule has 1 fully saturated rings. The highest BCUT2D eigenvalue weighted by Gasteiger charge is 2.28. The van der Waals surface area contributed by atoms with Crippen LogP contribution in [0.3, 0.4) is 0 Å². The van der Waals surface area contributed by atoms with Crippen LogP contribution in [-0.2, 0) is 6.54 Å². The van der Waals surface area contributed by atoms with Crippen molar-refractivity contribution in [2.45, 2.75) is 25.4 Å². The molecular formula is C23H24N2O3S. The number of para-hydroxylation sites is 1. The van der Waals surface area contributed by atoms with E-state index in [0.717, 1.165) is 53.0 Å². The summed E-state index contributed by atoms with van der Waals surface area (Å²) in [5.74, 6) is 2.59. The summed E-state index contributed by atoms with van der Waals surface area (Å²) in [7, 11) is 1.70. The Labute approximate surface area is 174 Å². The summed E-state index contributed by atoms with van der Waals surface area (Å²) < 4.78 is 17.0. The van der Waals surface area contributed by atoms with E-state index in [1.807, 2.05) is 24.3 Å². The van der Waals surface area contributed by atoms with Gasteiger partial charge in [0.1, 0.15) is 24.0 Å². The second-order valence-electron chi connectivity index (χ2n) is 7.38. The van der Waals surface area contributed by atoms with Crippen LogP contribution < -0.4 is 14.2 Å². The number of fused-ring (bicyclic) bond motifs is 1. The molecule has 0 radical (unpaired) electrons. The normalized spacial score (nSPS) is 18.7. The van der Waals surface area contributed by atoms with Crippen LogP contribution in [0, 0.1) is 0 Å². The van der Waals surface area contributed by atoms with Gasteiger partial charge in [0.25, 0.3) is 0 Å². The molecule has 1 saturated heterocycles. The first-order valence-electron chi connectivity index (χ1n) is 10.0. The van der Waals surface area contributed by atoms with Crippen molar-refractivity contribution in [2.24, 2.45) is 0 Å². The third kappa shape index (κ3) is 3.70. The maximum atomic E-state index is 5.79. The smallest absolute Gasteiger partial charge is 0.161 e. The van der Waals surface area contributed by atoms with E-state index in [4.69, 9.17) is 19.2 Å². The molecule has 1 unspecified atom stereocenters. The zero-order valence-electron chi connectivity index (χ0n) is 16.5. The first-order chi connectivity index (χ1) is 14.3. The van der Waals surface area contributed by atoms with Crippen LogP contribution in [0.25, 0.3) is 10.6 Å². The highest BCUT2D eigenvalue weighted by Crippen LogP contribution is 2.39. The molecule has 2 aromatic carbocycles. The highest BCUT2D eigenvalue weighted by molar-refractivity contribution is 7.13. The Hall–Kier alpha value is -2.57. The van der Waals surface area contributed by atoms with E-state index in [0.29, 0.717) is 19.3 Å². The van der Waals surface area contributed by atoms with E-state index in [9.17, 15) is 0 Å². The van der Waals surface area contributed by atoms with Gasteiger partial charge in [-0.2, -0.15) is 0 Å². The predicted molar refractivity (Wildman–Crippen MR) is 114 cm³/mol. The fraction of sp³-hybridized carbons (Fsp3) is 0.348. The van der Waals surface area contributed by atoms with Crippen LogP contribution in [0.5, 0.6) is 17.2 Å². The molecule has 5 rings (SSSR count). The highest BCUT2D eigenvalue weighted by atomic mass is 32.1. The third-order valence-corrected chi connectivity index (χ3v) is 6.49. The molecule has 3 heterocycles. The first-order valence-corrected chi connectivity index (χ1v) is 10.9. The van der Waals surface area contributed by atoms with Gasteiger partial charge in [0.05, 0.1) is 18.4 Å². The summed E-state index contributed by atoms with van der Waals surface area (Å²) in [5, 5.41) is 3.17. The number of hydrogen-bond donors (Lipinski definition) is 0. The molecule has 3 aromatic rings. The molecule has 0 bridgehead atoms. The zero-order valence-corrected chi connectivity index (χ0v) is 17.3. The summed E-state index contributed by atoms with van der Waals surface area (Å²) in [4.78, 5) is 7.42. The Morgan fingerprint density at radius 2 is 2.00 bits per heavy atom. The Morgan fingerprint density at radius 1 is 1.14 bits per heavy atom. The maximum Gasteiger partial charge on any atom is 0.161 e. The lowest BCUT2D eigenvalue weighted by Gasteiger charge is -2.26. The van der Waals surface area contributed by atoms with Crippen molar-refractivity contribution in [3.8, 4) is 27.8 Å². The van der Waals surface area contributed by atoms with Crippen molar-refractivity contribution >= 4 is 11.3 Å². The van der Waals surface area contributed by atoms with E-state index in [1.165, 1.54) is 12.0 Å². The number of likely N-dealkylation sites (tertiary alicyclic amines) is 1. The number of thiazole rings is 1. The van der Waals surface area contributed by atoms with Crippen LogP contribution in [0.15, 0.2) is 47.8 Å². The average Bonchev–Trinajstić information content (AvgIpc) is 3.43. The van der Waals surface area contributed by atoms with Gasteiger partial charge in [-0.3, -0.25) is 4.90 Å². The molecule has 1 atom stereocenters. The second kappa shape index (κ2) is 8.05. The van der Waals surface area contributed by atoms with Crippen LogP contribution in [0.1, 0.15) is 30.1 Å². The fourth-order valence-corrected chi connectivity index (χ4v) is 5.03. The summed E-state index contributed by atoms with van der Waals surface area (Å²) in [5.41, 5.74) is 3.46. The molecule has 150 valence electrons. The molecule has 0 saturated carbocycles. The molecular weight excluding hydrogens is 384 g/mol. The quantitative estimate of drug-likeness (QED) is 0.599. The van der Waals surface area contributed by atoms with Crippen molar-refractivity contribution < 1.29 is 14.2 Å². The summed E-state index contributed by atoms with van der Waals surface area (Å²) >= 11 is 1.68. The van der Waals surface area contributed by atoms with E-state index in [-0.39, 0.29) is 0 Å². The minimum atomic E-state index is 0.391. The average molecular weight is 409 g/mol. The Kier molecular flexibility index (Phi) is 5.12. The number of hydrogen-bond acceptors (Lipinski definition) is 6. The van der Waals surface area contributed by atoms with E-state index < -0.39 is 0 Å². The Morgan fingerprint density at radius 3 is 2.90 bits per heavy atom. The van der Waals surface area contributed by atoms with Gasteiger partial charge >= 0.3 is 0 Å². The number of methoxy groups -OCH3 is 1. The minimum absolute atomic E-state index is 0.391. The van der Waals surface area contributed by atoms with Gasteiger partial charge in [-0.15, -0.1) is 11.3 Å². The summed E-state index contributed by atoms with van der Waals surface area (Å²) in [6.45, 7) is 3.18. The van der Waals surface area contributed by atoms with Gasteiger partial charge in [-0.05, 0) is 49.2 Å². The maximum absolute atomic E-state index is 5.79. The van der Waals surface area contributed by atoms with Crippen LogP contribution >= 0.6 is 11.3 Å². The number of benzene rings is 2. The molecule has 0 spiro atoms. The number of aromatic nitrogens is 1. The molecule has 5 nitrogen and oxygen atoms in total. The van der Waals surface area contributed by atoms with Gasteiger partial charge in [0, 0.05) is 18.0 Å². The van der Waals surface area contributed by atoms with Crippen molar-refractivity contribution in [2.75, 3.05) is 26.9 Å². The molecule has 0 N–H and O–H groups in total. The molecule has 6 heteroatoms. The summed E-state index contributed by atoms with van der Waals surface area (Å²) in [6, 6.07) is 14.8. The lowest BCUT2D eigenvalue weighted by atomic mass is 10.0. The number of rotatable bonds is 5. The van der Waals surface area contributed by atoms with Crippen LogP contribution in [0.4, 0.5) is 0 Å². The van der Waals surface area contributed by atoms with Gasteiger partial charge in [-0.25, -0.2) is 4.98 Å². The third-order valence-electron chi connectivity index (χ3n) is 5.57. The minimum Gasteiger partial charge on any atom is -0.496 e. The van der Waals surface area contributed by atoms with Crippen LogP contribution in [0.2, 0.25) is 0 Å². The second-order valence-corrected chi connectivity index (χ2v) is 8.23. The molecule has 2 aliphatic heterocycles. The standard InChI is InChI=1S/C23H24N2O3S/c1-26-20-7-3-2-5-18(20)23-24-17(15-29-23)14-25-10-4-6-19(25)16-8-9-21-22(13-16)28-12-11-27-21/h2-3,5,7-9,13,15,19H,4,6,10-12,14H2,1H3. The first kappa shape index (κ1) is 18.5. The number of ether oxygens (including phenoxy) is 3. The molecule has 2 aliphatic rings. The lowest BCUT2D eigenvalue weighted by Crippen LogP contribution is -2.23. The number of nitrogens with zero attached hydrogens (tertiary/aromatic N) is 2. The summed E-state index contributed by atoms with van der Waals surface area (Å²) in [6.07, 6.45) is 2.35. The lowest BCUT2D eigenvalue weighted by molar-refractivity contribution is 0.170. The zero-order chi connectivity index (χ0) is 19.6. The monoisotopic (exact) mass is 408 g/mol. The Balaban J connectivity index is 1.35. The topological polar surface area (TPSA) is 43.8 Å². The van der Waals surface area contributed by atoms with Crippen molar-refractivity contribution in [1.29, 1.82) is 0 Å². The van der Waals surface area contributed by atoms with Gasteiger partial charge in [0.2, 0.25) is 0 Å². The largest absolute Gasteiger partial charge is 0.496 e. The van der Waals surface area contributed by atoms with Gasteiger partial charge < -0.3 is 14.2 Å². The van der Waals surface area contributed by atoms with Gasteiger partial charge in [0.15, 0.2) is 11.5 Å². The molecule has 0 amide bonds. The van der Waals surface area contributed by atoms with E-state index >= 15 is 0 Å². The molecule has 0 aliphatic carbocycles. The molecule has 29 heavy (non-hydrogen) atoms. The SMILES string of the molecule is COc1ccccc1-c1nc(CN2CCCC2c2ccc3c(c2)OCCO3)cs1. The van der Waals surface area contributed by atoms with Crippen molar-refractivity contribution in [1.82, 2.24) is 9.88 Å². The predicted octanol–water partition coefficient (Wildman–Crippen LogP) is 4.93. The van der Waals surface area contributed by atoms with E-state index in [2.05, 4.69) is 28.5 Å². The van der Waals surface area contributed by atoms with Gasteiger partial charge in [-0.1, -0.05) is 18.2 Å². The Bertz CT molecular complexity index is 1000.